The van der Waals surface area contributed by atoms with Crippen LogP contribution in [0, 0.1) is 0 Å². The third kappa shape index (κ3) is 5.28. The lowest BCUT2D eigenvalue weighted by molar-refractivity contribution is -0.124. The van der Waals surface area contributed by atoms with Crippen LogP contribution in [0.25, 0.3) is 0 Å². The maximum atomic E-state index is 12.0. The zero-order chi connectivity index (χ0) is 17.4. The van der Waals surface area contributed by atoms with E-state index in [1.807, 2.05) is 12.1 Å². The number of esters is 1. The van der Waals surface area contributed by atoms with Crippen LogP contribution in [0.3, 0.4) is 0 Å². The monoisotopic (exact) mass is 347 g/mol. The van der Waals surface area contributed by atoms with E-state index < -0.39 is 5.97 Å². The summed E-state index contributed by atoms with van der Waals surface area (Å²) in [4.78, 5) is 23.7. The lowest BCUT2D eigenvalue weighted by atomic mass is 10.1. The summed E-state index contributed by atoms with van der Waals surface area (Å²) in [5.41, 5.74) is 1.35. The van der Waals surface area contributed by atoms with E-state index >= 15 is 0 Å². The quantitative estimate of drug-likeness (QED) is 0.782. The van der Waals surface area contributed by atoms with Crippen molar-refractivity contribution in [1.29, 1.82) is 0 Å². The van der Waals surface area contributed by atoms with E-state index in [1.54, 1.807) is 36.4 Å². The van der Waals surface area contributed by atoms with Crippen molar-refractivity contribution in [2.45, 2.75) is 6.42 Å². The van der Waals surface area contributed by atoms with Gasteiger partial charge in [0.25, 0.3) is 5.91 Å². The molecule has 0 aliphatic rings. The molecule has 1 amide bonds. The number of hydrogen-bond acceptors (Lipinski definition) is 4. The Bertz CT molecular complexity index is 700. The zero-order valence-electron chi connectivity index (χ0n) is 13.3. The van der Waals surface area contributed by atoms with Gasteiger partial charge >= 0.3 is 5.97 Å². The van der Waals surface area contributed by atoms with Gasteiger partial charge in [-0.05, 0) is 36.2 Å². The van der Waals surface area contributed by atoms with E-state index in [9.17, 15) is 9.59 Å². The third-order valence-electron chi connectivity index (χ3n) is 3.31. The fraction of sp³-hybridized carbons (Fsp3) is 0.222. The SMILES string of the molecule is COc1ccccc1C(=O)OCC(=O)NCCc1ccc(Cl)cc1. The number of hydrogen-bond donors (Lipinski definition) is 1. The number of para-hydroxylation sites is 1. The second kappa shape index (κ2) is 8.93. The Hall–Kier alpha value is -2.53. The Morgan fingerprint density at radius 2 is 1.79 bits per heavy atom. The lowest BCUT2D eigenvalue weighted by Crippen LogP contribution is -2.30. The van der Waals surface area contributed by atoms with Crippen LogP contribution in [0.15, 0.2) is 48.5 Å². The average Bonchev–Trinajstić information content (AvgIpc) is 2.61. The van der Waals surface area contributed by atoms with Gasteiger partial charge in [0.1, 0.15) is 11.3 Å². The van der Waals surface area contributed by atoms with Crippen LogP contribution in [-0.2, 0) is 16.0 Å². The Morgan fingerprint density at radius 3 is 2.50 bits per heavy atom. The van der Waals surface area contributed by atoms with Crippen molar-refractivity contribution in [2.75, 3.05) is 20.3 Å². The smallest absolute Gasteiger partial charge is 0.342 e. The molecule has 2 aromatic carbocycles. The predicted molar refractivity (Wildman–Crippen MR) is 91.4 cm³/mol. The van der Waals surface area contributed by atoms with Crippen LogP contribution in [0.4, 0.5) is 0 Å². The Balaban J connectivity index is 1.74. The molecule has 0 aliphatic carbocycles. The summed E-state index contributed by atoms with van der Waals surface area (Å²) in [6.45, 7) is 0.115. The second-order valence-electron chi connectivity index (χ2n) is 5.00. The highest BCUT2D eigenvalue weighted by Crippen LogP contribution is 2.18. The fourth-order valence-corrected chi connectivity index (χ4v) is 2.20. The molecule has 24 heavy (non-hydrogen) atoms. The lowest BCUT2D eigenvalue weighted by Gasteiger charge is -2.09. The summed E-state index contributed by atoms with van der Waals surface area (Å²) in [6.07, 6.45) is 0.670. The molecule has 0 aliphatic heterocycles. The fourth-order valence-electron chi connectivity index (χ4n) is 2.07. The molecule has 0 radical (unpaired) electrons. The van der Waals surface area contributed by atoms with Crippen LogP contribution in [0.5, 0.6) is 5.75 Å². The van der Waals surface area contributed by atoms with Gasteiger partial charge in [-0.15, -0.1) is 0 Å². The van der Waals surface area contributed by atoms with E-state index in [0.717, 1.165) is 5.56 Å². The molecule has 0 unspecified atom stereocenters. The molecular weight excluding hydrogens is 330 g/mol. The number of benzene rings is 2. The first-order chi connectivity index (χ1) is 11.6. The highest BCUT2D eigenvalue weighted by molar-refractivity contribution is 6.30. The summed E-state index contributed by atoms with van der Waals surface area (Å²) in [7, 11) is 1.47. The molecule has 1 N–H and O–H groups in total. The molecule has 2 aromatic rings. The minimum absolute atomic E-state index is 0.286. The van der Waals surface area contributed by atoms with E-state index in [2.05, 4.69) is 5.32 Å². The summed E-state index contributed by atoms with van der Waals surface area (Å²) < 4.78 is 10.1. The van der Waals surface area contributed by atoms with Gasteiger partial charge in [0.05, 0.1) is 7.11 Å². The Morgan fingerprint density at radius 1 is 1.08 bits per heavy atom. The largest absolute Gasteiger partial charge is 0.496 e. The molecule has 0 saturated heterocycles. The molecule has 0 spiro atoms. The van der Waals surface area contributed by atoms with Crippen LogP contribution < -0.4 is 10.1 Å². The van der Waals surface area contributed by atoms with E-state index in [4.69, 9.17) is 21.1 Å². The molecule has 0 bridgehead atoms. The third-order valence-corrected chi connectivity index (χ3v) is 3.56. The Labute approximate surface area is 145 Å². The van der Waals surface area contributed by atoms with Gasteiger partial charge in [-0.25, -0.2) is 4.79 Å². The summed E-state index contributed by atoms with van der Waals surface area (Å²) in [6, 6.07) is 14.1. The number of rotatable bonds is 7. The maximum absolute atomic E-state index is 12.0. The zero-order valence-corrected chi connectivity index (χ0v) is 14.0. The van der Waals surface area contributed by atoms with Gasteiger partial charge in [-0.2, -0.15) is 0 Å². The van der Waals surface area contributed by atoms with Crippen LogP contribution in [-0.4, -0.2) is 32.1 Å². The van der Waals surface area contributed by atoms with Gasteiger partial charge in [-0.3, -0.25) is 4.79 Å². The number of methoxy groups -OCH3 is 1. The maximum Gasteiger partial charge on any atom is 0.342 e. The van der Waals surface area contributed by atoms with Crippen molar-refractivity contribution in [1.82, 2.24) is 5.32 Å². The minimum Gasteiger partial charge on any atom is -0.496 e. The van der Waals surface area contributed by atoms with E-state index in [0.29, 0.717) is 23.7 Å². The first-order valence-corrected chi connectivity index (χ1v) is 7.79. The van der Waals surface area contributed by atoms with Crippen LogP contribution >= 0.6 is 11.6 Å². The number of halogens is 1. The molecule has 6 heteroatoms. The normalized spacial score (nSPS) is 10.1. The molecule has 0 fully saturated rings. The highest BCUT2D eigenvalue weighted by Gasteiger charge is 2.14. The van der Waals surface area contributed by atoms with Crippen molar-refractivity contribution in [3.8, 4) is 5.75 Å². The number of amides is 1. The number of ether oxygens (including phenoxy) is 2. The standard InChI is InChI=1S/C18H18ClNO4/c1-23-16-5-3-2-4-15(16)18(22)24-12-17(21)20-11-10-13-6-8-14(19)9-7-13/h2-9H,10-12H2,1H3,(H,20,21). The van der Waals surface area contributed by atoms with Gasteiger partial charge < -0.3 is 14.8 Å². The van der Waals surface area contributed by atoms with E-state index in [-0.39, 0.29) is 18.1 Å². The van der Waals surface area contributed by atoms with Crippen LogP contribution in [0.2, 0.25) is 5.02 Å². The highest BCUT2D eigenvalue weighted by atomic mass is 35.5. The first-order valence-electron chi connectivity index (χ1n) is 7.41. The van der Waals surface area contributed by atoms with Crippen molar-refractivity contribution in [3.63, 3.8) is 0 Å². The van der Waals surface area contributed by atoms with Gasteiger partial charge in [0, 0.05) is 11.6 Å². The topological polar surface area (TPSA) is 64.6 Å². The molecule has 0 saturated carbocycles. The minimum atomic E-state index is -0.597. The molecule has 126 valence electrons. The summed E-state index contributed by atoms with van der Waals surface area (Å²) in [5, 5.41) is 3.37. The van der Waals surface area contributed by atoms with Crippen molar-refractivity contribution in [3.05, 3.63) is 64.7 Å². The number of nitrogens with one attached hydrogen (secondary N) is 1. The average molecular weight is 348 g/mol. The van der Waals surface area contributed by atoms with E-state index in [1.165, 1.54) is 7.11 Å². The van der Waals surface area contributed by atoms with Crippen molar-refractivity contribution in [2.24, 2.45) is 0 Å². The first kappa shape index (κ1) is 17.8. The van der Waals surface area contributed by atoms with Crippen molar-refractivity contribution >= 4 is 23.5 Å². The van der Waals surface area contributed by atoms with Crippen molar-refractivity contribution < 1.29 is 19.1 Å². The van der Waals surface area contributed by atoms with Gasteiger partial charge in [0.15, 0.2) is 6.61 Å². The van der Waals surface area contributed by atoms with Crippen LogP contribution in [0.1, 0.15) is 15.9 Å². The molecule has 0 heterocycles. The molecule has 2 rings (SSSR count). The van der Waals surface area contributed by atoms with Gasteiger partial charge in [0.2, 0.25) is 0 Å². The second-order valence-corrected chi connectivity index (χ2v) is 5.44. The summed E-state index contributed by atoms with van der Waals surface area (Å²) in [5.74, 6) is -0.543. The van der Waals surface area contributed by atoms with Gasteiger partial charge in [-0.1, -0.05) is 35.9 Å². The number of carbonyl (C=O) groups is 2. The Kier molecular flexibility index (Phi) is 6.63. The molecular formula is C18H18ClNO4. The molecule has 5 nitrogen and oxygen atoms in total. The number of carbonyl (C=O) groups excluding carboxylic acids is 2. The molecule has 0 atom stereocenters. The predicted octanol–water partition coefficient (Wildman–Crippen LogP) is 2.86. The molecule has 0 aromatic heterocycles. The summed E-state index contributed by atoms with van der Waals surface area (Å²) >= 11 is 5.81.